The molecule has 5 amide bonds. The van der Waals surface area contributed by atoms with Gasteiger partial charge in [-0.2, -0.15) is 5.10 Å². The van der Waals surface area contributed by atoms with Gasteiger partial charge in [0, 0.05) is 61.5 Å². The molecule has 8 rings (SSSR count). The zero-order chi connectivity index (χ0) is 39.0. The highest BCUT2D eigenvalue weighted by molar-refractivity contribution is 6.34. The van der Waals surface area contributed by atoms with Crippen LogP contribution in [0.4, 0.5) is 16.2 Å². The van der Waals surface area contributed by atoms with Crippen molar-refractivity contribution in [2.75, 3.05) is 56.6 Å². The molecule has 0 bridgehead atoms. The first-order chi connectivity index (χ1) is 27.1. The topological polar surface area (TPSA) is 142 Å². The van der Waals surface area contributed by atoms with Crippen LogP contribution in [-0.2, 0) is 4.79 Å². The number of halogens is 1. The van der Waals surface area contributed by atoms with E-state index in [0.717, 1.165) is 87.8 Å². The van der Waals surface area contributed by atoms with E-state index < -0.39 is 6.03 Å². The van der Waals surface area contributed by atoms with Gasteiger partial charge >= 0.3 is 6.03 Å². The molecule has 5 heterocycles. The first kappa shape index (κ1) is 37.9. The van der Waals surface area contributed by atoms with E-state index in [1.54, 1.807) is 31.4 Å². The number of methoxy groups -OCH3 is 1. The standard InChI is InChI=1S/C42H49ClN8O5/c1-27-4-3-5-33(44-27)39(53)45-35-22-30-26-51(47-34(30)24-37(35)56-2)31-9-6-28(7-10-31)25-48-18-13-42(14-19-48)15-20-49(21-16-42)40(54)29-8-11-32(43)36(23-29)50-17-12-38(52)46-41(50)55/h3-5,8,11,22-24,26,28,31H,6-7,9-10,12-21,25H2,1-2H3,(H,45,53)(H,46,52,55)/t28-,31-. The second kappa shape index (κ2) is 15.9. The number of piperidine rings is 2. The quantitative estimate of drug-likeness (QED) is 0.198. The van der Waals surface area contributed by atoms with Gasteiger partial charge in [0.25, 0.3) is 11.8 Å². The fourth-order valence-electron chi connectivity index (χ4n) is 9.06. The summed E-state index contributed by atoms with van der Waals surface area (Å²) in [6.07, 6.45) is 11.1. The van der Waals surface area contributed by atoms with Gasteiger partial charge in [-0.3, -0.25) is 29.3 Å². The molecule has 13 nitrogen and oxygen atoms in total. The fraction of sp³-hybridized carbons (Fsp3) is 0.476. The summed E-state index contributed by atoms with van der Waals surface area (Å²) < 4.78 is 7.73. The number of carbonyl (C=O) groups is 4. The van der Waals surface area contributed by atoms with Crippen LogP contribution in [0.25, 0.3) is 10.9 Å². The molecule has 0 atom stereocenters. The number of pyridine rings is 1. The first-order valence-corrected chi connectivity index (χ1v) is 20.2. The molecular weight excluding hydrogens is 732 g/mol. The van der Waals surface area contributed by atoms with Crippen molar-refractivity contribution in [3.05, 3.63) is 76.7 Å². The number of hydrogen-bond acceptors (Lipinski definition) is 8. The number of nitrogens with zero attached hydrogens (tertiary/aromatic N) is 6. The molecule has 4 aliphatic rings. The first-order valence-electron chi connectivity index (χ1n) is 19.8. The number of carbonyl (C=O) groups excluding carboxylic acids is 4. The van der Waals surface area contributed by atoms with E-state index in [2.05, 4.69) is 31.4 Å². The number of aromatic nitrogens is 3. The lowest BCUT2D eigenvalue weighted by atomic mass is 9.71. The lowest BCUT2D eigenvalue weighted by Crippen LogP contribution is -2.50. The van der Waals surface area contributed by atoms with Gasteiger partial charge in [-0.25, -0.2) is 9.78 Å². The van der Waals surface area contributed by atoms with Crippen molar-refractivity contribution in [2.45, 2.75) is 70.8 Å². The van der Waals surface area contributed by atoms with Crippen molar-refractivity contribution in [2.24, 2.45) is 11.3 Å². The minimum absolute atomic E-state index is 0.0489. The number of urea groups is 1. The number of anilines is 2. The molecule has 1 saturated carbocycles. The third-order valence-corrected chi connectivity index (χ3v) is 12.8. The van der Waals surface area contributed by atoms with E-state index in [0.29, 0.717) is 45.4 Å². The normalized spacial score (nSPS) is 21.6. The molecule has 1 aliphatic carbocycles. The smallest absolute Gasteiger partial charge is 0.328 e. The van der Waals surface area contributed by atoms with Gasteiger partial charge in [0.1, 0.15) is 11.4 Å². The van der Waals surface area contributed by atoms with Crippen molar-refractivity contribution >= 4 is 57.6 Å². The number of aryl methyl sites for hydroxylation is 1. The van der Waals surface area contributed by atoms with Crippen LogP contribution < -0.4 is 20.3 Å². The molecule has 2 aromatic heterocycles. The molecule has 4 fully saturated rings. The van der Waals surface area contributed by atoms with Crippen molar-refractivity contribution in [1.82, 2.24) is 29.9 Å². The van der Waals surface area contributed by atoms with Gasteiger partial charge < -0.3 is 19.9 Å². The predicted molar refractivity (Wildman–Crippen MR) is 214 cm³/mol. The SMILES string of the molecule is COc1cc2nn([C@H]3CC[C@H](CN4CCC5(CC4)CCN(C(=O)c4ccc(Cl)c(N6CCC(=O)NC6=O)c4)CC5)CC3)cc2cc1NC(=O)c1cccc(C)n1. The number of likely N-dealkylation sites (tertiary alicyclic amines) is 2. The average Bonchev–Trinajstić information content (AvgIpc) is 3.62. The minimum Gasteiger partial charge on any atom is -0.494 e. The van der Waals surface area contributed by atoms with Crippen molar-refractivity contribution in [3.8, 4) is 5.75 Å². The van der Waals surface area contributed by atoms with Crippen LogP contribution in [0.15, 0.2) is 54.7 Å². The van der Waals surface area contributed by atoms with E-state index in [4.69, 9.17) is 21.4 Å². The van der Waals surface area contributed by atoms with Crippen LogP contribution in [-0.4, -0.2) is 94.7 Å². The van der Waals surface area contributed by atoms with Crippen LogP contribution in [0.2, 0.25) is 5.02 Å². The number of ether oxygens (including phenoxy) is 1. The van der Waals surface area contributed by atoms with Crippen LogP contribution in [0, 0.1) is 18.3 Å². The molecule has 1 spiro atoms. The van der Waals surface area contributed by atoms with Crippen molar-refractivity contribution in [1.29, 1.82) is 0 Å². The van der Waals surface area contributed by atoms with Crippen molar-refractivity contribution in [3.63, 3.8) is 0 Å². The zero-order valence-corrected chi connectivity index (χ0v) is 32.8. The Morgan fingerprint density at radius 1 is 0.964 bits per heavy atom. The Bertz CT molecular complexity index is 2150. The van der Waals surface area contributed by atoms with Crippen LogP contribution >= 0.6 is 11.6 Å². The Kier molecular flexibility index (Phi) is 10.7. The molecule has 4 aromatic rings. The van der Waals surface area contributed by atoms with E-state index in [1.807, 2.05) is 36.1 Å². The van der Waals surface area contributed by atoms with Crippen LogP contribution in [0.1, 0.15) is 90.4 Å². The summed E-state index contributed by atoms with van der Waals surface area (Å²) in [5.74, 6) is 0.589. The average molecular weight is 781 g/mol. The number of imide groups is 1. The zero-order valence-electron chi connectivity index (χ0n) is 32.1. The van der Waals surface area contributed by atoms with Gasteiger partial charge in [-0.1, -0.05) is 17.7 Å². The fourth-order valence-corrected chi connectivity index (χ4v) is 9.28. The Labute approximate surface area is 331 Å². The highest BCUT2D eigenvalue weighted by Gasteiger charge is 2.39. The molecule has 2 aromatic carbocycles. The maximum Gasteiger partial charge on any atom is 0.328 e. The van der Waals surface area contributed by atoms with Gasteiger partial charge in [0.05, 0.1) is 35.1 Å². The molecule has 294 valence electrons. The molecule has 56 heavy (non-hydrogen) atoms. The Morgan fingerprint density at radius 2 is 1.71 bits per heavy atom. The van der Waals surface area contributed by atoms with Crippen molar-refractivity contribution < 1.29 is 23.9 Å². The molecular formula is C42H49ClN8O5. The van der Waals surface area contributed by atoms with Gasteiger partial charge in [-0.15, -0.1) is 0 Å². The molecule has 3 aliphatic heterocycles. The maximum atomic E-state index is 13.6. The molecule has 3 saturated heterocycles. The van der Waals surface area contributed by atoms with Crippen LogP contribution in [0.3, 0.4) is 0 Å². The Hall–Kier alpha value is -5.01. The van der Waals surface area contributed by atoms with E-state index in [1.165, 1.54) is 17.7 Å². The van der Waals surface area contributed by atoms with Gasteiger partial charge in [0.15, 0.2) is 0 Å². The largest absolute Gasteiger partial charge is 0.494 e. The van der Waals surface area contributed by atoms with E-state index in [-0.39, 0.29) is 36.1 Å². The lowest BCUT2D eigenvalue weighted by molar-refractivity contribution is -0.120. The molecule has 0 radical (unpaired) electrons. The summed E-state index contributed by atoms with van der Waals surface area (Å²) in [5.41, 5.74) is 3.80. The van der Waals surface area contributed by atoms with Gasteiger partial charge in [-0.05, 0) is 119 Å². The number of amides is 5. The molecule has 0 unspecified atom stereocenters. The number of fused-ring (bicyclic) bond motifs is 1. The van der Waals surface area contributed by atoms with Crippen LogP contribution in [0.5, 0.6) is 5.75 Å². The number of nitrogens with one attached hydrogen (secondary N) is 2. The third kappa shape index (κ3) is 7.97. The highest BCUT2D eigenvalue weighted by atomic mass is 35.5. The van der Waals surface area contributed by atoms with E-state index in [9.17, 15) is 19.2 Å². The number of rotatable bonds is 8. The summed E-state index contributed by atoms with van der Waals surface area (Å²) >= 11 is 6.43. The maximum absolute atomic E-state index is 13.6. The number of benzene rings is 2. The predicted octanol–water partition coefficient (Wildman–Crippen LogP) is 6.85. The van der Waals surface area contributed by atoms with E-state index >= 15 is 0 Å². The monoisotopic (exact) mass is 780 g/mol. The summed E-state index contributed by atoms with van der Waals surface area (Å²) in [4.78, 5) is 61.0. The second-order valence-electron chi connectivity index (χ2n) is 16.0. The second-order valence-corrected chi connectivity index (χ2v) is 16.4. The Morgan fingerprint density at radius 3 is 2.43 bits per heavy atom. The Balaban J connectivity index is 0.805. The molecule has 2 N–H and O–H groups in total. The summed E-state index contributed by atoms with van der Waals surface area (Å²) in [6.45, 7) is 6.85. The highest BCUT2D eigenvalue weighted by Crippen LogP contribution is 2.43. The lowest BCUT2D eigenvalue weighted by Gasteiger charge is -2.47. The van der Waals surface area contributed by atoms with Gasteiger partial charge in [0.2, 0.25) is 5.91 Å². The summed E-state index contributed by atoms with van der Waals surface area (Å²) in [5, 5.41) is 11.6. The minimum atomic E-state index is -0.520. The summed E-state index contributed by atoms with van der Waals surface area (Å²) in [6, 6.07) is 14.1. The number of hydrogen-bond donors (Lipinski definition) is 2. The molecule has 14 heteroatoms. The third-order valence-electron chi connectivity index (χ3n) is 12.5. The summed E-state index contributed by atoms with van der Waals surface area (Å²) in [7, 11) is 1.60.